The molecule has 0 amide bonds. The molecule has 0 aromatic carbocycles. The van der Waals surface area contributed by atoms with Crippen molar-refractivity contribution in [3.8, 4) is 5.88 Å². The molecule has 2 heterocycles. The lowest BCUT2D eigenvalue weighted by atomic mass is 10.4. The van der Waals surface area contributed by atoms with Crippen molar-refractivity contribution in [3.05, 3.63) is 23.1 Å². The largest absolute Gasteiger partial charge is 0.480 e. The van der Waals surface area contributed by atoms with E-state index in [1.54, 1.807) is 6.92 Å². The summed E-state index contributed by atoms with van der Waals surface area (Å²) in [6, 6.07) is 0. The topological polar surface area (TPSA) is 99.0 Å². The maximum atomic E-state index is 12.2. The highest BCUT2D eigenvalue weighted by Gasteiger charge is 2.38. The van der Waals surface area contributed by atoms with Crippen molar-refractivity contribution in [2.75, 3.05) is 12.4 Å². The van der Waals surface area contributed by atoms with Gasteiger partial charge in [-0.25, -0.2) is 13.4 Å². The summed E-state index contributed by atoms with van der Waals surface area (Å²) in [6.45, 7) is 1.67. The molecule has 0 radical (unpaired) electrons. The average molecular weight is 344 g/mol. The normalized spacial score (nSPS) is 14.9. The Morgan fingerprint density at radius 3 is 2.77 bits per heavy atom. The van der Waals surface area contributed by atoms with E-state index < -0.39 is 10.0 Å². The van der Waals surface area contributed by atoms with Crippen LogP contribution in [0.1, 0.15) is 18.5 Å². The Balaban J connectivity index is 1.89. The minimum atomic E-state index is -3.41. The van der Waals surface area contributed by atoms with Gasteiger partial charge in [0.15, 0.2) is 0 Å². The lowest BCUT2D eigenvalue weighted by molar-refractivity contribution is 0.398. The van der Waals surface area contributed by atoms with E-state index in [1.165, 1.54) is 19.5 Å². The Hall–Kier alpha value is -1.87. The van der Waals surface area contributed by atoms with Crippen molar-refractivity contribution in [3.63, 3.8) is 0 Å². The number of nitrogens with one attached hydrogen (secondary N) is 1. The van der Waals surface area contributed by atoms with Gasteiger partial charge < -0.3 is 10.1 Å². The van der Waals surface area contributed by atoms with E-state index in [-0.39, 0.29) is 22.1 Å². The van der Waals surface area contributed by atoms with Crippen LogP contribution in [0.2, 0.25) is 5.02 Å². The first-order chi connectivity index (χ1) is 10.4. The number of anilines is 2. The van der Waals surface area contributed by atoms with Crippen LogP contribution in [0.25, 0.3) is 0 Å². The maximum Gasteiger partial charge on any atom is 0.256 e. The molecule has 22 heavy (non-hydrogen) atoms. The monoisotopic (exact) mass is 343 g/mol. The summed E-state index contributed by atoms with van der Waals surface area (Å²) in [5.74, 6) is 0.475. The zero-order valence-electron chi connectivity index (χ0n) is 11.9. The van der Waals surface area contributed by atoms with Gasteiger partial charge in [0.25, 0.3) is 10.0 Å². The van der Waals surface area contributed by atoms with E-state index in [0.29, 0.717) is 24.2 Å². The summed E-state index contributed by atoms with van der Waals surface area (Å²) in [4.78, 5) is 8.10. The Labute approximate surface area is 132 Å². The van der Waals surface area contributed by atoms with Gasteiger partial charge in [0.05, 0.1) is 36.1 Å². The second kappa shape index (κ2) is 5.40. The van der Waals surface area contributed by atoms with Crippen LogP contribution in [0.3, 0.4) is 0 Å². The Kier molecular flexibility index (Phi) is 3.69. The van der Waals surface area contributed by atoms with Crippen LogP contribution in [0, 0.1) is 6.92 Å². The van der Waals surface area contributed by atoms with Crippen LogP contribution in [0.4, 0.5) is 11.6 Å². The second-order valence-electron chi connectivity index (χ2n) is 4.91. The first-order valence-electron chi connectivity index (χ1n) is 6.56. The number of rotatable bonds is 5. The standard InChI is InChI=1S/C12H14ClN5O3S/c1-7-10(6-15-18(7)22(19,20)8-3-4-8)16-12-14-5-9(13)11(17-12)21-2/h5-6,8H,3-4H2,1-2H3,(H,14,16,17). The van der Waals surface area contributed by atoms with E-state index in [9.17, 15) is 8.42 Å². The van der Waals surface area contributed by atoms with Gasteiger partial charge in [0.2, 0.25) is 11.8 Å². The first kappa shape index (κ1) is 15.0. The molecule has 0 saturated heterocycles. The molecule has 1 N–H and O–H groups in total. The van der Waals surface area contributed by atoms with Crippen LogP contribution < -0.4 is 10.1 Å². The van der Waals surface area contributed by atoms with Crippen molar-refractivity contribution in [1.82, 2.24) is 19.2 Å². The predicted molar refractivity (Wildman–Crippen MR) is 81.2 cm³/mol. The van der Waals surface area contributed by atoms with E-state index in [4.69, 9.17) is 16.3 Å². The summed E-state index contributed by atoms with van der Waals surface area (Å²) >= 11 is 5.86. The van der Waals surface area contributed by atoms with E-state index in [0.717, 1.165) is 4.09 Å². The Morgan fingerprint density at radius 2 is 2.14 bits per heavy atom. The molecule has 3 rings (SSSR count). The smallest absolute Gasteiger partial charge is 0.256 e. The van der Waals surface area contributed by atoms with Gasteiger partial charge in [-0.15, -0.1) is 0 Å². The third-order valence-electron chi connectivity index (χ3n) is 3.31. The Morgan fingerprint density at radius 1 is 1.41 bits per heavy atom. The van der Waals surface area contributed by atoms with Crippen LogP contribution >= 0.6 is 11.6 Å². The number of aromatic nitrogens is 4. The third-order valence-corrected chi connectivity index (χ3v) is 5.73. The predicted octanol–water partition coefficient (Wildman–Crippen LogP) is 1.73. The number of hydrogen-bond donors (Lipinski definition) is 1. The number of ether oxygens (including phenoxy) is 1. The zero-order chi connectivity index (χ0) is 15.9. The van der Waals surface area contributed by atoms with Crippen molar-refractivity contribution >= 4 is 33.3 Å². The van der Waals surface area contributed by atoms with E-state index in [2.05, 4.69) is 20.4 Å². The molecule has 2 aromatic rings. The highest BCUT2D eigenvalue weighted by atomic mass is 35.5. The van der Waals surface area contributed by atoms with Crippen LogP contribution in [-0.4, -0.2) is 39.9 Å². The molecule has 0 bridgehead atoms. The SMILES string of the molecule is COc1nc(Nc2cnn(S(=O)(=O)C3CC3)c2C)ncc1Cl. The highest BCUT2D eigenvalue weighted by Crippen LogP contribution is 2.32. The average Bonchev–Trinajstić information content (AvgIpc) is 3.28. The van der Waals surface area contributed by atoms with Crippen molar-refractivity contribution in [1.29, 1.82) is 0 Å². The summed E-state index contributed by atoms with van der Waals surface area (Å²) < 4.78 is 30.5. The van der Waals surface area contributed by atoms with Crippen molar-refractivity contribution in [2.45, 2.75) is 25.0 Å². The second-order valence-corrected chi connectivity index (χ2v) is 7.36. The fourth-order valence-electron chi connectivity index (χ4n) is 1.95. The molecular weight excluding hydrogens is 330 g/mol. The molecule has 0 unspecified atom stereocenters. The van der Waals surface area contributed by atoms with Gasteiger partial charge in [-0.05, 0) is 19.8 Å². The quantitative estimate of drug-likeness (QED) is 0.882. The van der Waals surface area contributed by atoms with Gasteiger partial charge in [-0.2, -0.15) is 14.2 Å². The molecule has 1 aliphatic carbocycles. The van der Waals surface area contributed by atoms with Crippen molar-refractivity contribution < 1.29 is 13.2 Å². The zero-order valence-corrected chi connectivity index (χ0v) is 13.5. The van der Waals surface area contributed by atoms with Gasteiger partial charge in [0, 0.05) is 0 Å². The Bertz CT molecular complexity index is 816. The molecule has 1 saturated carbocycles. The molecule has 0 spiro atoms. The molecule has 0 aliphatic heterocycles. The fourth-order valence-corrected chi connectivity index (χ4v) is 3.80. The van der Waals surface area contributed by atoms with E-state index >= 15 is 0 Å². The fraction of sp³-hybridized carbons (Fsp3) is 0.417. The van der Waals surface area contributed by atoms with Crippen LogP contribution in [0.5, 0.6) is 5.88 Å². The number of nitrogens with zero attached hydrogens (tertiary/aromatic N) is 4. The van der Waals surface area contributed by atoms with Gasteiger partial charge in [0.1, 0.15) is 5.02 Å². The molecule has 8 nitrogen and oxygen atoms in total. The minimum absolute atomic E-state index is 0.231. The molecule has 10 heteroatoms. The van der Waals surface area contributed by atoms with E-state index in [1.807, 2.05) is 0 Å². The summed E-state index contributed by atoms with van der Waals surface area (Å²) in [5.41, 5.74) is 0.984. The van der Waals surface area contributed by atoms with Gasteiger partial charge >= 0.3 is 0 Å². The molecule has 1 fully saturated rings. The summed E-state index contributed by atoms with van der Waals surface area (Å²) in [7, 11) is -1.96. The number of hydrogen-bond acceptors (Lipinski definition) is 7. The van der Waals surface area contributed by atoms with Gasteiger partial charge in [-0.1, -0.05) is 11.6 Å². The summed E-state index contributed by atoms with van der Waals surface area (Å²) in [6.07, 6.45) is 4.19. The van der Waals surface area contributed by atoms with Gasteiger partial charge in [-0.3, -0.25) is 0 Å². The lowest BCUT2D eigenvalue weighted by Crippen LogP contribution is -2.20. The minimum Gasteiger partial charge on any atom is -0.480 e. The summed E-state index contributed by atoms with van der Waals surface area (Å²) in [5, 5.41) is 6.84. The first-order valence-corrected chi connectivity index (χ1v) is 8.44. The third kappa shape index (κ3) is 2.61. The molecule has 1 aliphatic rings. The lowest BCUT2D eigenvalue weighted by Gasteiger charge is -2.08. The molecule has 0 atom stereocenters. The molecule has 2 aromatic heterocycles. The molecular formula is C12H14ClN5O3S. The molecule has 118 valence electrons. The number of methoxy groups -OCH3 is 1. The van der Waals surface area contributed by atoms with Crippen molar-refractivity contribution in [2.24, 2.45) is 0 Å². The van der Waals surface area contributed by atoms with Crippen LogP contribution in [-0.2, 0) is 10.0 Å². The maximum absolute atomic E-state index is 12.2. The number of halogens is 1. The van der Waals surface area contributed by atoms with Crippen LogP contribution in [0.15, 0.2) is 12.4 Å². The highest BCUT2D eigenvalue weighted by molar-refractivity contribution is 7.90.